The van der Waals surface area contributed by atoms with Gasteiger partial charge in [0.15, 0.2) is 5.96 Å². The Kier molecular flexibility index (Phi) is 7.19. The van der Waals surface area contributed by atoms with Crippen LogP contribution in [0, 0.1) is 5.82 Å². The fourth-order valence-electron chi connectivity index (χ4n) is 2.21. The lowest BCUT2D eigenvalue weighted by molar-refractivity contribution is 0.232. The third kappa shape index (κ3) is 6.79. The highest BCUT2D eigenvalue weighted by atomic mass is 19.1. The SMILES string of the molecule is CN=C(NCCc1ccc(F)cc1)NCc1ccc(OC(C)C)nc1. The van der Waals surface area contributed by atoms with Crippen molar-refractivity contribution in [1.29, 1.82) is 0 Å². The van der Waals surface area contributed by atoms with E-state index < -0.39 is 0 Å². The maximum Gasteiger partial charge on any atom is 0.213 e. The van der Waals surface area contributed by atoms with Crippen LogP contribution in [0.1, 0.15) is 25.0 Å². The van der Waals surface area contributed by atoms with Crippen molar-refractivity contribution < 1.29 is 9.13 Å². The highest BCUT2D eigenvalue weighted by Gasteiger charge is 2.02. The minimum Gasteiger partial charge on any atom is -0.475 e. The Balaban J connectivity index is 1.75. The van der Waals surface area contributed by atoms with Gasteiger partial charge in [-0.15, -0.1) is 0 Å². The number of halogens is 1. The Bertz CT molecular complexity index is 669. The lowest BCUT2D eigenvalue weighted by Gasteiger charge is -2.12. The summed E-state index contributed by atoms with van der Waals surface area (Å²) in [6, 6.07) is 10.4. The highest BCUT2D eigenvalue weighted by molar-refractivity contribution is 5.79. The van der Waals surface area contributed by atoms with Gasteiger partial charge in [-0.2, -0.15) is 0 Å². The van der Waals surface area contributed by atoms with E-state index in [0.717, 1.165) is 17.5 Å². The van der Waals surface area contributed by atoms with E-state index in [4.69, 9.17) is 4.74 Å². The average molecular weight is 344 g/mol. The molecule has 1 aromatic heterocycles. The van der Waals surface area contributed by atoms with Gasteiger partial charge in [0.1, 0.15) is 5.82 Å². The van der Waals surface area contributed by atoms with Crippen molar-refractivity contribution in [2.24, 2.45) is 4.99 Å². The predicted molar refractivity (Wildman–Crippen MR) is 98.3 cm³/mol. The summed E-state index contributed by atoms with van der Waals surface area (Å²) < 4.78 is 18.4. The van der Waals surface area contributed by atoms with Gasteiger partial charge in [-0.05, 0) is 43.5 Å². The molecule has 5 nitrogen and oxygen atoms in total. The molecule has 0 aliphatic rings. The second kappa shape index (κ2) is 9.61. The van der Waals surface area contributed by atoms with Gasteiger partial charge < -0.3 is 15.4 Å². The van der Waals surface area contributed by atoms with Gasteiger partial charge in [-0.3, -0.25) is 4.99 Å². The molecule has 1 heterocycles. The van der Waals surface area contributed by atoms with E-state index in [1.54, 1.807) is 25.4 Å². The Morgan fingerprint density at radius 3 is 2.44 bits per heavy atom. The molecule has 25 heavy (non-hydrogen) atoms. The molecule has 0 bridgehead atoms. The fourth-order valence-corrected chi connectivity index (χ4v) is 2.21. The number of aromatic nitrogens is 1. The van der Waals surface area contributed by atoms with Crippen molar-refractivity contribution in [2.75, 3.05) is 13.6 Å². The molecule has 2 N–H and O–H groups in total. The van der Waals surface area contributed by atoms with Crippen molar-refractivity contribution in [3.8, 4) is 5.88 Å². The molecule has 134 valence electrons. The first-order valence-corrected chi connectivity index (χ1v) is 8.37. The summed E-state index contributed by atoms with van der Waals surface area (Å²) in [6.45, 7) is 5.27. The monoisotopic (exact) mass is 344 g/mol. The van der Waals surface area contributed by atoms with Gasteiger partial charge in [0.25, 0.3) is 0 Å². The van der Waals surface area contributed by atoms with Crippen LogP contribution in [0.15, 0.2) is 47.6 Å². The number of nitrogens with zero attached hydrogens (tertiary/aromatic N) is 2. The summed E-state index contributed by atoms with van der Waals surface area (Å²) in [6.07, 6.45) is 2.70. The Morgan fingerprint density at radius 2 is 1.84 bits per heavy atom. The number of ether oxygens (including phenoxy) is 1. The molecule has 0 radical (unpaired) electrons. The Hall–Kier alpha value is -2.63. The minimum absolute atomic E-state index is 0.112. The first-order chi connectivity index (χ1) is 12.1. The summed E-state index contributed by atoms with van der Waals surface area (Å²) in [7, 11) is 1.73. The molecule has 0 aliphatic carbocycles. The molecule has 0 amide bonds. The van der Waals surface area contributed by atoms with E-state index >= 15 is 0 Å². The standard InChI is InChI=1S/C19H25FN4O/c1-14(2)25-18-9-6-16(12-23-18)13-24-19(21-3)22-11-10-15-4-7-17(20)8-5-15/h4-9,12,14H,10-11,13H2,1-3H3,(H2,21,22,24). The molecule has 0 saturated heterocycles. The van der Waals surface area contributed by atoms with Crippen LogP contribution in [0.4, 0.5) is 4.39 Å². The van der Waals surface area contributed by atoms with E-state index in [-0.39, 0.29) is 11.9 Å². The van der Waals surface area contributed by atoms with Gasteiger partial charge in [-0.25, -0.2) is 9.37 Å². The molecule has 6 heteroatoms. The number of benzene rings is 1. The largest absolute Gasteiger partial charge is 0.475 e. The summed E-state index contributed by atoms with van der Waals surface area (Å²) in [5.41, 5.74) is 2.12. The lowest BCUT2D eigenvalue weighted by atomic mass is 10.1. The fraction of sp³-hybridized carbons (Fsp3) is 0.368. The normalized spacial score (nSPS) is 11.5. The number of hydrogen-bond donors (Lipinski definition) is 2. The first kappa shape index (κ1) is 18.7. The molecule has 2 aromatic rings. The zero-order chi connectivity index (χ0) is 18.1. The van der Waals surface area contributed by atoms with Crippen molar-refractivity contribution in [3.63, 3.8) is 0 Å². The van der Waals surface area contributed by atoms with Crippen LogP contribution >= 0.6 is 0 Å². The topological polar surface area (TPSA) is 58.5 Å². The Labute approximate surface area is 148 Å². The number of nitrogens with one attached hydrogen (secondary N) is 2. The second-order valence-electron chi connectivity index (χ2n) is 5.90. The zero-order valence-corrected chi connectivity index (χ0v) is 14.9. The number of rotatable bonds is 7. The van der Waals surface area contributed by atoms with Crippen LogP contribution in [-0.4, -0.2) is 30.6 Å². The molecule has 0 unspecified atom stereocenters. The van der Waals surface area contributed by atoms with E-state index in [1.165, 1.54) is 12.1 Å². The van der Waals surface area contributed by atoms with Crippen LogP contribution in [0.3, 0.4) is 0 Å². The van der Waals surface area contributed by atoms with Crippen LogP contribution < -0.4 is 15.4 Å². The summed E-state index contributed by atoms with van der Waals surface area (Å²) in [5, 5.41) is 6.48. The van der Waals surface area contributed by atoms with Crippen molar-refractivity contribution in [1.82, 2.24) is 15.6 Å². The van der Waals surface area contributed by atoms with Crippen LogP contribution in [-0.2, 0) is 13.0 Å². The third-order valence-electron chi connectivity index (χ3n) is 3.46. The zero-order valence-electron chi connectivity index (χ0n) is 14.9. The smallest absolute Gasteiger partial charge is 0.213 e. The van der Waals surface area contributed by atoms with Crippen LogP contribution in [0.2, 0.25) is 0 Å². The maximum atomic E-state index is 12.9. The van der Waals surface area contributed by atoms with Crippen LogP contribution in [0.5, 0.6) is 5.88 Å². The number of guanidine groups is 1. The first-order valence-electron chi connectivity index (χ1n) is 8.37. The summed E-state index contributed by atoms with van der Waals surface area (Å²) in [5.74, 6) is 1.12. The molecule has 0 saturated carbocycles. The van der Waals surface area contributed by atoms with Gasteiger partial charge in [0.05, 0.1) is 6.10 Å². The van der Waals surface area contributed by atoms with Gasteiger partial charge >= 0.3 is 0 Å². The molecular weight excluding hydrogens is 319 g/mol. The van der Waals surface area contributed by atoms with Gasteiger partial charge in [-0.1, -0.05) is 18.2 Å². The molecule has 0 fully saturated rings. The third-order valence-corrected chi connectivity index (χ3v) is 3.46. The second-order valence-corrected chi connectivity index (χ2v) is 5.90. The molecule has 1 aromatic carbocycles. The van der Waals surface area contributed by atoms with Crippen molar-refractivity contribution in [3.05, 3.63) is 59.5 Å². The summed E-state index contributed by atoms with van der Waals surface area (Å²) >= 11 is 0. The number of hydrogen-bond acceptors (Lipinski definition) is 3. The van der Waals surface area contributed by atoms with E-state index in [2.05, 4.69) is 20.6 Å². The minimum atomic E-state index is -0.215. The van der Waals surface area contributed by atoms with E-state index in [0.29, 0.717) is 24.9 Å². The van der Waals surface area contributed by atoms with Crippen molar-refractivity contribution in [2.45, 2.75) is 32.9 Å². The molecular formula is C19H25FN4O. The highest BCUT2D eigenvalue weighted by Crippen LogP contribution is 2.09. The molecule has 0 atom stereocenters. The average Bonchev–Trinajstić information content (AvgIpc) is 2.60. The Morgan fingerprint density at radius 1 is 1.12 bits per heavy atom. The summed E-state index contributed by atoms with van der Waals surface area (Å²) in [4.78, 5) is 8.47. The maximum absolute atomic E-state index is 12.9. The van der Waals surface area contributed by atoms with Crippen molar-refractivity contribution >= 4 is 5.96 Å². The van der Waals surface area contributed by atoms with Gasteiger partial charge in [0.2, 0.25) is 5.88 Å². The molecule has 2 rings (SSSR count). The number of pyridine rings is 1. The molecule has 0 aliphatic heterocycles. The number of aliphatic imine (C=N–C) groups is 1. The van der Waals surface area contributed by atoms with E-state index in [1.807, 2.05) is 26.0 Å². The van der Waals surface area contributed by atoms with Crippen LogP contribution in [0.25, 0.3) is 0 Å². The lowest BCUT2D eigenvalue weighted by Crippen LogP contribution is -2.37. The molecule has 0 spiro atoms. The predicted octanol–water partition coefficient (Wildman–Crippen LogP) is 2.92. The van der Waals surface area contributed by atoms with Gasteiger partial charge in [0, 0.05) is 32.4 Å². The quantitative estimate of drug-likeness (QED) is 0.599. The van der Waals surface area contributed by atoms with E-state index in [9.17, 15) is 4.39 Å².